The Morgan fingerprint density at radius 2 is 2.03 bits per heavy atom. The third-order valence-corrected chi connectivity index (χ3v) is 6.41. The normalized spacial score (nSPS) is 16.3. The minimum absolute atomic E-state index is 0.0443. The lowest BCUT2D eigenvalue weighted by molar-refractivity contribution is -0.123. The molecule has 2 aromatic rings. The summed E-state index contributed by atoms with van der Waals surface area (Å²) in [5.41, 5.74) is 2.82. The molecule has 7 nitrogen and oxygen atoms in total. The van der Waals surface area contributed by atoms with Gasteiger partial charge in [0.25, 0.3) is 5.91 Å². The van der Waals surface area contributed by atoms with Crippen molar-refractivity contribution in [3.05, 3.63) is 58.8 Å². The van der Waals surface area contributed by atoms with Gasteiger partial charge in [-0.15, -0.1) is 0 Å². The summed E-state index contributed by atoms with van der Waals surface area (Å²) in [6.07, 6.45) is 1.42. The predicted molar refractivity (Wildman–Crippen MR) is 116 cm³/mol. The number of fused-ring (bicyclic) bond motifs is 1. The van der Waals surface area contributed by atoms with Crippen molar-refractivity contribution in [3.8, 4) is 6.07 Å². The van der Waals surface area contributed by atoms with Gasteiger partial charge in [-0.1, -0.05) is 30.3 Å². The number of aromatic nitrogens is 1. The highest BCUT2D eigenvalue weighted by molar-refractivity contribution is 7.97. The molecule has 1 aromatic carbocycles. The van der Waals surface area contributed by atoms with Crippen LogP contribution in [0.2, 0.25) is 0 Å². The molecule has 0 atom stereocenters. The molecule has 2 aliphatic rings. The smallest absolute Gasteiger partial charge is 0.255 e. The molecule has 0 bridgehead atoms. The summed E-state index contributed by atoms with van der Waals surface area (Å²) >= 11 is 1.42. The second-order valence-corrected chi connectivity index (χ2v) is 8.41. The van der Waals surface area contributed by atoms with Gasteiger partial charge in [0.15, 0.2) is 0 Å². The molecule has 30 heavy (non-hydrogen) atoms. The molecule has 0 saturated carbocycles. The van der Waals surface area contributed by atoms with E-state index in [-0.39, 0.29) is 17.7 Å². The Morgan fingerprint density at radius 1 is 1.30 bits per heavy atom. The maximum absolute atomic E-state index is 12.5. The number of carbonyl (C=O) groups excluding carboxylic acids is 2. The molecule has 0 spiro atoms. The van der Waals surface area contributed by atoms with Crippen LogP contribution < -0.4 is 9.62 Å². The molecular formula is C22H23N5O2S. The quantitative estimate of drug-likeness (QED) is 0.747. The van der Waals surface area contributed by atoms with Crippen LogP contribution in [-0.2, 0) is 17.1 Å². The Morgan fingerprint density at radius 3 is 2.73 bits per heavy atom. The van der Waals surface area contributed by atoms with E-state index in [4.69, 9.17) is 0 Å². The maximum Gasteiger partial charge on any atom is 0.255 e. The van der Waals surface area contributed by atoms with Crippen molar-refractivity contribution in [2.45, 2.75) is 25.1 Å². The Hall–Kier alpha value is -3.05. The monoisotopic (exact) mass is 421 g/mol. The van der Waals surface area contributed by atoms with Crippen LogP contribution in [0.4, 0.5) is 5.82 Å². The van der Waals surface area contributed by atoms with Gasteiger partial charge in [0.2, 0.25) is 5.91 Å². The van der Waals surface area contributed by atoms with Crippen molar-refractivity contribution in [3.63, 3.8) is 0 Å². The highest BCUT2D eigenvalue weighted by Crippen LogP contribution is 2.29. The molecule has 1 N–H and O–H groups in total. The van der Waals surface area contributed by atoms with Crippen LogP contribution in [0.5, 0.6) is 0 Å². The fraction of sp³-hybridized carbons (Fsp3) is 0.364. The molecule has 154 valence electrons. The summed E-state index contributed by atoms with van der Waals surface area (Å²) in [6, 6.07) is 13.9. The first-order valence-electron chi connectivity index (χ1n) is 9.97. The van der Waals surface area contributed by atoms with E-state index in [1.54, 1.807) is 18.0 Å². The molecule has 0 aliphatic carbocycles. The number of nitrogens with one attached hydrogen (secondary N) is 1. The zero-order valence-corrected chi connectivity index (χ0v) is 17.6. The van der Waals surface area contributed by atoms with Gasteiger partial charge in [-0.25, -0.2) is 4.98 Å². The Balaban J connectivity index is 1.34. The summed E-state index contributed by atoms with van der Waals surface area (Å²) in [4.78, 5) is 33.0. The van der Waals surface area contributed by atoms with E-state index in [0.717, 1.165) is 5.75 Å². The van der Waals surface area contributed by atoms with Crippen LogP contribution in [0.25, 0.3) is 0 Å². The molecule has 1 aromatic heterocycles. The summed E-state index contributed by atoms with van der Waals surface area (Å²) in [7, 11) is 1.73. The number of hydrogen-bond donors (Lipinski definition) is 1. The lowest BCUT2D eigenvalue weighted by Crippen LogP contribution is -2.39. The van der Waals surface area contributed by atoms with Gasteiger partial charge < -0.3 is 9.80 Å². The predicted octanol–water partition coefficient (Wildman–Crippen LogP) is 2.72. The molecule has 4 rings (SSSR count). The number of pyridine rings is 1. The summed E-state index contributed by atoms with van der Waals surface area (Å²) in [6.45, 7) is 1.78. The third-order valence-electron chi connectivity index (χ3n) is 5.59. The molecule has 8 heteroatoms. The van der Waals surface area contributed by atoms with E-state index in [2.05, 4.69) is 20.7 Å². The number of nitriles is 1. The van der Waals surface area contributed by atoms with E-state index in [0.29, 0.717) is 55.1 Å². The van der Waals surface area contributed by atoms with Gasteiger partial charge in [-0.2, -0.15) is 5.26 Å². The number of amides is 2. The maximum atomic E-state index is 12.5. The zero-order chi connectivity index (χ0) is 21.1. The van der Waals surface area contributed by atoms with Gasteiger partial charge in [0.05, 0.1) is 23.4 Å². The van der Waals surface area contributed by atoms with E-state index in [1.165, 1.54) is 17.5 Å². The molecule has 0 radical (unpaired) electrons. The van der Waals surface area contributed by atoms with Crippen molar-refractivity contribution in [1.29, 1.82) is 5.26 Å². The number of rotatable bonds is 5. The third kappa shape index (κ3) is 4.12. The lowest BCUT2D eigenvalue weighted by atomic mass is 9.96. The first kappa shape index (κ1) is 20.2. The summed E-state index contributed by atoms with van der Waals surface area (Å²) < 4.78 is 2.97. The van der Waals surface area contributed by atoms with Crippen LogP contribution in [0.15, 0.2) is 36.4 Å². The van der Waals surface area contributed by atoms with Crippen molar-refractivity contribution in [2.75, 3.05) is 25.0 Å². The fourth-order valence-corrected chi connectivity index (χ4v) is 4.61. The Labute approximate surface area is 180 Å². The minimum atomic E-state index is -0.0936. The van der Waals surface area contributed by atoms with E-state index >= 15 is 0 Å². The molecule has 3 heterocycles. The van der Waals surface area contributed by atoms with E-state index in [9.17, 15) is 14.9 Å². The molecule has 0 unspecified atom stereocenters. The fourth-order valence-electron chi connectivity index (χ4n) is 3.87. The van der Waals surface area contributed by atoms with Crippen molar-refractivity contribution in [1.82, 2.24) is 14.6 Å². The highest BCUT2D eigenvalue weighted by atomic mass is 32.2. The molecule has 2 aliphatic heterocycles. The largest absolute Gasteiger partial charge is 0.355 e. The average molecular weight is 422 g/mol. The van der Waals surface area contributed by atoms with Crippen LogP contribution in [0.3, 0.4) is 0 Å². The lowest BCUT2D eigenvalue weighted by Gasteiger charge is -2.32. The van der Waals surface area contributed by atoms with Gasteiger partial charge in [-0.3, -0.25) is 14.3 Å². The SMILES string of the molecule is CN1Cc2nc(N3CCC(C(=O)NSCc4ccccc4)CC3)c(C#N)cc2C1=O. The second kappa shape index (κ2) is 8.76. The number of hydrogen-bond acceptors (Lipinski definition) is 6. The van der Waals surface area contributed by atoms with Gasteiger partial charge in [-0.05, 0) is 36.4 Å². The van der Waals surface area contributed by atoms with Crippen LogP contribution in [-0.4, -0.2) is 41.8 Å². The van der Waals surface area contributed by atoms with Crippen LogP contribution in [0, 0.1) is 17.2 Å². The average Bonchev–Trinajstić information content (AvgIpc) is 3.06. The van der Waals surface area contributed by atoms with Gasteiger partial charge in [0.1, 0.15) is 11.9 Å². The standard InChI is InChI=1S/C22H23N5O2S/c1-26-13-19-18(22(26)29)11-17(12-23)20(24-19)27-9-7-16(8-10-27)21(28)25-30-14-15-5-3-2-4-6-15/h2-6,11,16H,7-10,13-14H2,1H3,(H,25,28). The molecule has 1 saturated heterocycles. The number of carbonyl (C=O) groups is 2. The number of nitrogens with zero attached hydrogens (tertiary/aromatic N) is 4. The van der Waals surface area contributed by atoms with Crippen LogP contribution in [0.1, 0.15) is 40.0 Å². The van der Waals surface area contributed by atoms with Crippen molar-refractivity contribution < 1.29 is 9.59 Å². The number of benzene rings is 1. The van der Waals surface area contributed by atoms with E-state index in [1.807, 2.05) is 30.3 Å². The number of piperidine rings is 1. The number of anilines is 1. The second-order valence-electron chi connectivity index (χ2n) is 7.63. The minimum Gasteiger partial charge on any atom is -0.355 e. The van der Waals surface area contributed by atoms with Crippen molar-refractivity contribution in [2.24, 2.45) is 5.92 Å². The van der Waals surface area contributed by atoms with Gasteiger partial charge in [0, 0.05) is 31.8 Å². The molecular weight excluding hydrogens is 398 g/mol. The topological polar surface area (TPSA) is 89.3 Å². The van der Waals surface area contributed by atoms with Gasteiger partial charge >= 0.3 is 0 Å². The Kier molecular flexibility index (Phi) is 5.91. The summed E-state index contributed by atoms with van der Waals surface area (Å²) in [5.74, 6) is 1.28. The first-order chi connectivity index (χ1) is 14.6. The Bertz CT molecular complexity index is 997. The molecule has 2 amide bonds. The summed E-state index contributed by atoms with van der Waals surface area (Å²) in [5, 5.41) is 9.56. The first-order valence-corrected chi connectivity index (χ1v) is 11.0. The van der Waals surface area contributed by atoms with Crippen molar-refractivity contribution >= 4 is 29.6 Å². The molecule has 1 fully saturated rings. The van der Waals surface area contributed by atoms with E-state index < -0.39 is 0 Å². The van der Waals surface area contributed by atoms with Crippen LogP contribution >= 0.6 is 11.9 Å². The zero-order valence-electron chi connectivity index (χ0n) is 16.8. The highest BCUT2D eigenvalue weighted by Gasteiger charge is 2.31.